The molecular formula is C20H22O5. The van der Waals surface area contributed by atoms with E-state index in [1.54, 1.807) is 37.4 Å². The Morgan fingerprint density at radius 3 is 2.20 bits per heavy atom. The molecule has 0 amide bonds. The maximum atomic E-state index is 13.0. The molecule has 1 N–H and O–H groups in total. The van der Waals surface area contributed by atoms with Crippen molar-refractivity contribution in [1.29, 1.82) is 0 Å². The second-order valence-electron chi connectivity index (χ2n) is 5.74. The predicted molar refractivity (Wildman–Crippen MR) is 94.8 cm³/mol. The van der Waals surface area contributed by atoms with Crippen LogP contribution < -0.4 is 9.47 Å². The zero-order valence-electron chi connectivity index (χ0n) is 14.8. The van der Waals surface area contributed by atoms with Crippen LogP contribution >= 0.6 is 0 Å². The molecule has 0 aliphatic carbocycles. The average molecular weight is 342 g/mol. The molecule has 1 atom stereocenters. The van der Waals surface area contributed by atoms with E-state index in [2.05, 4.69) is 0 Å². The summed E-state index contributed by atoms with van der Waals surface area (Å²) in [5.41, 5.74) is 1.31. The van der Waals surface area contributed by atoms with Crippen molar-refractivity contribution in [3.63, 3.8) is 0 Å². The van der Waals surface area contributed by atoms with Crippen LogP contribution in [0.1, 0.15) is 47.7 Å². The van der Waals surface area contributed by atoms with E-state index in [-0.39, 0.29) is 23.1 Å². The van der Waals surface area contributed by atoms with Crippen LogP contribution in [0.3, 0.4) is 0 Å². The zero-order chi connectivity index (χ0) is 18.6. The lowest BCUT2D eigenvalue weighted by atomic mass is 9.86. The standard InChI is InChI=1S/C20H22O5/c1-5-15(12(2)21)16-11-19(25-4)18(22)10-17(16)20(23)13-6-8-14(24-3)9-7-13/h6-11,15,22H,5H2,1-4H3. The van der Waals surface area contributed by atoms with Gasteiger partial charge in [-0.15, -0.1) is 0 Å². The van der Waals surface area contributed by atoms with Gasteiger partial charge in [-0.25, -0.2) is 0 Å². The van der Waals surface area contributed by atoms with Crippen molar-refractivity contribution in [3.05, 3.63) is 53.1 Å². The number of phenols is 1. The molecule has 0 fully saturated rings. The molecule has 2 aromatic carbocycles. The molecule has 5 nitrogen and oxygen atoms in total. The Morgan fingerprint density at radius 1 is 1.08 bits per heavy atom. The molecule has 25 heavy (non-hydrogen) atoms. The maximum Gasteiger partial charge on any atom is 0.193 e. The van der Waals surface area contributed by atoms with Crippen molar-refractivity contribution in [1.82, 2.24) is 0 Å². The van der Waals surface area contributed by atoms with E-state index >= 15 is 0 Å². The summed E-state index contributed by atoms with van der Waals surface area (Å²) in [6.45, 7) is 3.38. The smallest absolute Gasteiger partial charge is 0.193 e. The molecule has 0 saturated heterocycles. The Labute approximate surface area is 147 Å². The quantitative estimate of drug-likeness (QED) is 0.776. The van der Waals surface area contributed by atoms with Crippen LogP contribution in [-0.2, 0) is 4.79 Å². The van der Waals surface area contributed by atoms with Crippen LogP contribution in [0.15, 0.2) is 36.4 Å². The third-order valence-corrected chi connectivity index (χ3v) is 4.22. The topological polar surface area (TPSA) is 72.8 Å². The Kier molecular flexibility index (Phi) is 5.80. The van der Waals surface area contributed by atoms with Crippen LogP contribution in [0.5, 0.6) is 17.2 Å². The molecule has 2 rings (SSSR count). The van der Waals surface area contributed by atoms with Crippen molar-refractivity contribution >= 4 is 11.6 Å². The van der Waals surface area contributed by atoms with E-state index in [1.165, 1.54) is 20.1 Å². The van der Waals surface area contributed by atoms with E-state index in [4.69, 9.17) is 9.47 Å². The van der Waals surface area contributed by atoms with Gasteiger partial charge in [0.05, 0.1) is 14.2 Å². The maximum absolute atomic E-state index is 13.0. The molecule has 0 aliphatic heterocycles. The minimum Gasteiger partial charge on any atom is -0.504 e. The van der Waals surface area contributed by atoms with Gasteiger partial charge in [0.25, 0.3) is 0 Å². The number of benzene rings is 2. The first-order valence-corrected chi connectivity index (χ1v) is 8.03. The number of ketones is 2. The fourth-order valence-electron chi connectivity index (χ4n) is 2.86. The Bertz CT molecular complexity index is 777. The van der Waals surface area contributed by atoms with Crippen molar-refractivity contribution in [2.75, 3.05) is 14.2 Å². The van der Waals surface area contributed by atoms with Gasteiger partial charge < -0.3 is 14.6 Å². The molecule has 0 heterocycles. The first kappa shape index (κ1) is 18.5. The summed E-state index contributed by atoms with van der Waals surface area (Å²) in [5.74, 6) is -0.00644. The van der Waals surface area contributed by atoms with Crippen molar-refractivity contribution in [2.45, 2.75) is 26.2 Å². The average Bonchev–Trinajstić information content (AvgIpc) is 2.62. The lowest BCUT2D eigenvalue weighted by Gasteiger charge is -2.18. The van der Waals surface area contributed by atoms with E-state index in [1.807, 2.05) is 6.92 Å². The summed E-state index contributed by atoms with van der Waals surface area (Å²) in [6.07, 6.45) is 0.548. The normalized spacial score (nSPS) is 11.7. The van der Waals surface area contributed by atoms with Crippen molar-refractivity contribution in [3.8, 4) is 17.2 Å². The van der Waals surface area contributed by atoms with E-state index in [0.29, 0.717) is 28.9 Å². The van der Waals surface area contributed by atoms with Gasteiger partial charge in [0.1, 0.15) is 11.5 Å². The van der Waals surface area contributed by atoms with Crippen LogP contribution in [0.25, 0.3) is 0 Å². The highest BCUT2D eigenvalue weighted by molar-refractivity contribution is 6.11. The van der Waals surface area contributed by atoms with Gasteiger partial charge >= 0.3 is 0 Å². The number of carbonyl (C=O) groups is 2. The summed E-state index contributed by atoms with van der Waals surface area (Å²) in [6, 6.07) is 9.63. The predicted octanol–water partition coefficient (Wildman–Crippen LogP) is 3.72. The molecule has 132 valence electrons. The number of rotatable bonds is 7. The third kappa shape index (κ3) is 3.82. The molecule has 0 aliphatic rings. The lowest BCUT2D eigenvalue weighted by molar-refractivity contribution is -0.118. The fraction of sp³-hybridized carbons (Fsp3) is 0.300. The number of carbonyl (C=O) groups excluding carboxylic acids is 2. The SMILES string of the molecule is CCC(C(C)=O)c1cc(OC)c(O)cc1C(=O)c1ccc(OC)cc1. The highest BCUT2D eigenvalue weighted by Gasteiger charge is 2.25. The molecule has 0 bridgehead atoms. The first-order chi connectivity index (χ1) is 11.9. The summed E-state index contributed by atoms with van der Waals surface area (Å²) < 4.78 is 10.2. The Morgan fingerprint density at radius 2 is 1.72 bits per heavy atom. The second-order valence-corrected chi connectivity index (χ2v) is 5.74. The van der Waals surface area contributed by atoms with Gasteiger partial charge in [-0.1, -0.05) is 6.92 Å². The summed E-state index contributed by atoms with van der Waals surface area (Å²) in [5, 5.41) is 10.1. The first-order valence-electron chi connectivity index (χ1n) is 8.03. The number of aromatic hydroxyl groups is 1. The van der Waals surface area contributed by atoms with Gasteiger partial charge in [0, 0.05) is 17.0 Å². The van der Waals surface area contributed by atoms with Gasteiger partial charge in [-0.2, -0.15) is 0 Å². The largest absolute Gasteiger partial charge is 0.504 e. The Hall–Kier alpha value is -2.82. The second kappa shape index (κ2) is 7.83. The van der Waals surface area contributed by atoms with Crippen molar-refractivity contribution in [2.24, 2.45) is 0 Å². The lowest BCUT2D eigenvalue weighted by Crippen LogP contribution is -2.14. The number of hydrogen-bond acceptors (Lipinski definition) is 5. The zero-order valence-corrected chi connectivity index (χ0v) is 14.8. The number of hydrogen-bond donors (Lipinski definition) is 1. The van der Waals surface area contributed by atoms with Crippen LogP contribution in [0, 0.1) is 0 Å². The summed E-state index contributed by atoms with van der Waals surface area (Å²) in [4.78, 5) is 25.0. The van der Waals surface area contributed by atoms with Crippen molar-refractivity contribution < 1.29 is 24.2 Å². The van der Waals surface area contributed by atoms with Gasteiger partial charge in [-0.3, -0.25) is 9.59 Å². The third-order valence-electron chi connectivity index (χ3n) is 4.22. The molecule has 0 aromatic heterocycles. The number of phenolic OH excluding ortho intramolecular Hbond substituents is 1. The summed E-state index contributed by atoms with van der Waals surface area (Å²) >= 11 is 0. The molecule has 1 unspecified atom stereocenters. The van der Waals surface area contributed by atoms with Crippen LogP contribution in [0.4, 0.5) is 0 Å². The molecular weight excluding hydrogens is 320 g/mol. The monoisotopic (exact) mass is 342 g/mol. The van der Waals surface area contributed by atoms with E-state index in [9.17, 15) is 14.7 Å². The van der Waals surface area contributed by atoms with Gasteiger partial charge in [0.2, 0.25) is 0 Å². The number of methoxy groups -OCH3 is 2. The molecule has 5 heteroatoms. The number of Topliss-reactive ketones (excluding diaryl/α,β-unsaturated/α-hetero) is 1. The highest BCUT2D eigenvalue weighted by atomic mass is 16.5. The summed E-state index contributed by atoms with van der Waals surface area (Å²) in [7, 11) is 2.98. The van der Waals surface area contributed by atoms with Crippen LogP contribution in [-0.4, -0.2) is 30.9 Å². The molecule has 0 radical (unpaired) electrons. The van der Waals surface area contributed by atoms with E-state index in [0.717, 1.165) is 0 Å². The van der Waals surface area contributed by atoms with E-state index < -0.39 is 5.92 Å². The minimum absolute atomic E-state index is 0.0426. The Balaban J connectivity index is 2.59. The fourth-order valence-corrected chi connectivity index (χ4v) is 2.86. The molecule has 0 saturated carbocycles. The van der Waals surface area contributed by atoms with Crippen LogP contribution in [0.2, 0.25) is 0 Å². The van der Waals surface area contributed by atoms with Gasteiger partial charge in [0.15, 0.2) is 17.3 Å². The minimum atomic E-state index is -0.438. The highest BCUT2D eigenvalue weighted by Crippen LogP contribution is 2.36. The molecule has 0 spiro atoms. The van der Waals surface area contributed by atoms with Gasteiger partial charge in [-0.05, 0) is 55.3 Å². The number of ether oxygens (including phenoxy) is 2. The molecule has 2 aromatic rings.